The summed E-state index contributed by atoms with van der Waals surface area (Å²) in [5, 5.41) is 0. The van der Waals surface area contributed by atoms with E-state index in [9.17, 15) is 22.4 Å². The summed E-state index contributed by atoms with van der Waals surface area (Å²) in [5.74, 6) is -0.785. The molecule has 1 aliphatic rings. The van der Waals surface area contributed by atoms with Crippen LogP contribution < -0.4 is 0 Å². The molecule has 1 aromatic carbocycles. The lowest BCUT2D eigenvalue weighted by Gasteiger charge is -2.40. The Hall–Kier alpha value is -1.63. The molecular formula is C14H16F4N2O. The van der Waals surface area contributed by atoms with Crippen molar-refractivity contribution in [3.05, 3.63) is 35.6 Å². The van der Waals surface area contributed by atoms with Crippen LogP contribution in [0.2, 0.25) is 0 Å². The lowest BCUT2D eigenvalue weighted by molar-refractivity contribution is -0.194. The van der Waals surface area contributed by atoms with Crippen LogP contribution in [0.1, 0.15) is 5.56 Å². The van der Waals surface area contributed by atoms with Gasteiger partial charge in [-0.05, 0) is 24.7 Å². The number of carbonyl (C=O) groups excluding carboxylic acids is 1. The van der Waals surface area contributed by atoms with Crippen LogP contribution in [0.15, 0.2) is 24.3 Å². The molecule has 0 aliphatic carbocycles. The van der Waals surface area contributed by atoms with E-state index in [2.05, 4.69) is 0 Å². The number of hydrogen-bond acceptors (Lipinski definition) is 2. The monoisotopic (exact) mass is 304 g/mol. The number of carbonyl (C=O) groups is 1. The topological polar surface area (TPSA) is 23.6 Å². The van der Waals surface area contributed by atoms with Crippen molar-refractivity contribution < 1.29 is 22.4 Å². The van der Waals surface area contributed by atoms with Crippen molar-refractivity contribution in [1.82, 2.24) is 9.80 Å². The van der Waals surface area contributed by atoms with Gasteiger partial charge in [0.05, 0.1) is 6.42 Å². The van der Waals surface area contributed by atoms with Crippen molar-refractivity contribution in [2.45, 2.75) is 18.6 Å². The SMILES string of the molecule is CN1CCN(C(=O)Cc2ccc(F)cc2)CC1C(F)(F)F. The van der Waals surface area contributed by atoms with Crippen molar-refractivity contribution in [2.24, 2.45) is 0 Å². The minimum atomic E-state index is -4.36. The van der Waals surface area contributed by atoms with Crippen LogP contribution in [-0.2, 0) is 11.2 Å². The average molecular weight is 304 g/mol. The second-order valence-electron chi connectivity index (χ2n) is 5.18. The molecule has 0 bridgehead atoms. The Balaban J connectivity index is 2.01. The molecule has 1 aromatic rings. The highest BCUT2D eigenvalue weighted by Crippen LogP contribution is 2.27. The molecular weight excluding hydrogens is 288 g/mol. The largest absolute Gasteiger partial charge is 0.405 e. The van der Waals surface area contributed by atoms with Gasteiger partial charge in [0, 0.05) is 19.6 Å². The molecule has 0 saturated carbocycles. The first-order chi connectivity index (χ1) is 9.77. The Labute approximate surface area is 120 Å². The zero-order chi connectivity index (χ0) is 15.6. The van der Waals surface area contributed by atoms with E-state index < -0.39 is 18.0 Å². The van der Waals surface area contributed by atoms with Gasteiger partial charge in [-0.15, -0.1) is 0 Å². The van der Waals surface area contributed by atoms with Gasteiger partial charge in [0.25, 0.3) is 0 Å². The molecule has 0 aromatic heterocycles. The summed E-state index contributed by atoms with van der Waals surface area (Å²) in [6.45, 7) is 0.0858. The first-order valence-corrected chi connectivity index (χ1v) is 6.56. The van der Waals surface area contributed by atoms with Crippen LogP contribution in [-0.4, -0.2) is 54.6 Å². The first-order valence-electron chi connectivity index (χ1n) is 6.56. The number of piperazine rings is 1. The zero-order valence-corrected chi connectivity index (χ0v) is 11.5. The predicted octanol–water partition coefficient (Wildman–Crippen LogP) is 2.07. The maximum absolute atomic E-state index is 12.9. The maximum atomic E-state index is 12.9. The molecule has 1 aliphatic heterocycles. The van der Waals surface area contributed by atoms with Gasteiger partial charge in [-0.3, -0.25) is 9.69 Å². The van der Waals surface area contributed by atoms with Gasteiger partial charge in [-0.25, -0.2) is 4.39 Å². The molecule has 1 fully saturated rings. The normalized spacial score (nSPS) is 20.6. The van der Waals surface area contributed by atoms with Gasteiger partial charge in [0.2, 0.25) is 5.91 Å². The van der Waals surface area contributed by atoms with Crippen LogP contribution in [0.3, 0.4) is 0 Å². The fraction of sp³-hybridized carbons (Fsp3) is 0.500. The standard InChI is InChI=1S/C14H16F4N2O/c1-19-6-7-20(9-12(19)14(16,17)18)13(21)8-10-2-4-11(15)5-3-10/h2-5,12H,6-9H2,1H3. The Morgan fingerprint density at radius 3 is 2.43 bits per heavy atom. The highest BCUT2D eigenvalue weighted by atomic mass is 19.4. The minimum absolute atomic E-state index is 0.0193. The second kappa shape index (κ2) is 6.01. The Morgan fingerprint density at radius 1 is 1.24 bits per heavy atom. The molecule has 1 heterocycles. The molecule has 0 spiro atoms. The predicted molar refractivity (Wildman–Crippen MR) is 69.2 cm³/mol. The maximum Gasteiger partial charge on any atom is 0.405 e. The number of rotatable bonds is 2. The number of likely N-dealkylation sites (N-methyl/N-ethyl adjacent to an activating group) is 1. The Bertz CT molecular complexity index is 501. The van der Waals surface area contributed by atoms with Crippen LogP contribution >= 0.6 is 0 Å². The zero-order valence-electron chi connectivity index (χ0n) is 11.5. The highest BCUT2D eigenvalue weighted by Gasteiger charge is 2.45. The Morgan fingerprint density at radius 2 is 1.86 bits per heavy atom. The molecule has 0 N–H and O–H groups in total. The van der Waals surface area contributed by atoms with E-state index in [1.807, 2.05) is 0 Å². The third-order valence-corrected chi connectivity index (χ3v) is 3.65. The minimum Gasteiger partial charge on any atom is -0.339 e. The average Bonchev–Trinajstić information content (AvgIpc) is 2.40. The molecule has 0 radical (unpaired) electrons. The smallest absolute Gasteiger partial charge is 0.339 e. The molecule has 1 unspecified atom stereocenters. The lowest BCUT2D eigenvalue weighted by atomic mass is 10.1. The van der Waals surface area contributed by atoms with Crippen molar-refractivity contribution in [3.63, 3.8) is 0 Å². The fourth-order valence-corrected chi connectivity index (χ4v) is 2.34. The van der Waals surface area contributed by atoms with Crippen molar-refractivity contribution >= 4 is 5.91 Å². The van der Waals surface area contributed by atoms with Gasteiger partial charge in [-0.1, -0.05) is 12.1 Å². The molecule has 1 saturated heterocycles. The van der Waals surface area contributed by atoms with Crippen LogP contribution in [0.25, 0.3) is 0 Å². The molecule has 1 amide bonds. The number of benzene rings is 1. The second-order valence-corrected chi connectivity index (χ2v) is 5.18. The summed E-state index contributed by atoms with van der Waals surface area (Å²) < 4.78 is 51.4. The van der Waals surface area contributed by atoms with Gasteiger partial charge in [-0.2, -0.15) is 13.2 Å². The van der Waals surface area contributed by atoms with E-state index in [0.717, 1.165) is 0 Å². The van der Waals surface area contributed by atoms with E-state index in [1.165, 1.54) is 41.1 Å². The van der Waals surface area contributed by atoms with E-state index in [-0.39, 0.29) is 32.0 Å². The summed E-state index contributed by atoms with van der Waals surface area (Å²) in [5.41, 5.74) is 0.587. The van der Waals surface area contributed by atoms with Gasteiger partial charge in [0.15, 0.2) is 0 Å². The third kappa shape index (κ3) is 3.93. The van der Waals surface area contributed by atoms with E-state index in [1.54, 1.807) is 0 Å². The summed E-state index contributed by atoms with van der Waals surface area (Å²) in [7, 11) is 1.40. The van der Waals surface area contributed by atoms with E-state index >= 15 is 0 Å². The van der Waals surface area contributed by atoms with E-state index in [0.29, 0.717) is 5.56 Å². The van der Waals surface area contributed by atoms with Gasteiger partial charge in [0.1, 0.15) is 11.9 Å². The molecule has 116 valence electrons. The summed E-state index contributed by atoms with van der Waals surface area (Å²) in [6.07, 6.45) is -4.38. The van der Waals surface area contributed by atoms with Crippen LogP contribution in [0.4, 0.5) is 17.6 Å². The molecule has 7 heteroatoms. The number of halogens is 4. The third-order valence-electron chi connectivity index (χ3n) is 3.65. The van der Waals surface area contributed by atoms with Crippen molar-refractivity contribution in [2.75, 3.05) is 26.7 Å². The van der Waals surface area contributed by atoms with Crippen LogP contribution in [0.5, 0.6) is 0 Å². The van der Waals surface area contributed by atoms with E-state index in [4.69, 9.17) is 0 Å². The van der Waals surface area contributed by atoms with Crippen molar-refractivity contribution in [3.8, 4) is 0 Å². The molecule has 2 rings (SSSR count). The number of nitrogens with zero attached hydrogens (tertiary/aromatic N) is 2. The molecule has 21 heavy (non-hydrogen) atoms. The quantitative estimate of drug-likeness (QED) is 0.781. The highest BCUT2D eigenvalue weighted by molar-refractivity contribution is 5.79. The first kappa shape index (κ1) is 15.8. The number of hydrogen-bond donors (Lipinski definition) is 0. The van der Waals surface area contributed by atoms with Crippen LogP contribution in [0, 0.1) is 5.82 Å². The summed E-state index contributed by atoms with van der Waals surface area (Å²) in [6, 6.07) is 3.74. The van der Waals surface area contributed by atoms with Gasteiger partial charge >= 0.3 is 6.18 Å². The number of alkyl halides is 3. The summed E-state index contributed by atoms with van der Waals surface area (Å²) in [4.78, 5) is 14.5. The number of amides is 1. The fourth-order valence-electron chi connectivity index (χ4n) is 2.34. The lowest BCUT2D eigenvalue weighted by Crippen LogP contribution is -2.58. The molecule has 3 nitrogen and oxygen atoms in total. The van der Waals surface area contributed by atoms with Crippen molar-refractivity contribution in [1.29, 1.82) is 0 Å². The summed E-state index contributed by atoms with van der Waals surface area (Å²) >= 11 is 0. The van der Waals surface area contributed by atoms with Gasteiger partial charge < -0.3 is 4.90 Å². The molecule has 1 atom stereocenters. The Kier molecular flexibility index (Phi) is 4.51.